The van der Waals surface area contributed by atoms with Crippen LogP contribution in [-0.4, -0.2) is 47.5 Å². The molecular formula is C28H29ClF2N2O7. The summed E-state index contributed by atoms with van der Waals surface area (Å²) >= 11 is 6.09. The average molecular weight is 579 g/mol. The van der Waals surface area contributed by atoms with E-state index in [0.29, 0.717) is 5.69 Å². The Morgan fingerprint density at radius 3 is 2.27 bits per heavy atom. The number of rotatable bonds is 11. The molecule has 2 N–H and O–H groups in total. The van der Waals surface area contributed by atoms with E-state index in [1.165, 1.54) is 55.8 Å². The number of amides is 1. The molecule has 12 heteroatoms. The summed E-state index contributed by atoms with van der Waals surface area (Å²) in [6.45, 7) is 2.55. The van der Waals surface area contributed by atoms with Crippen molar-refractivity contribution in [2.75, 3.05) is 19.0 Å². The van der Waals surface area contributed by atoms with Crippen molar-refractivity contribution < 1.29 is 37.7 Å². The van der Waals surface area contributed by atoms with E-state index in [4.69, 9.17) is 26.2 Å². The molecule has 0 aliphatic carbocycles. The number of anilines is 1. The minimum absolute atomic E-state index is 0.0425. The van der Waals surface area contributed by atoms with Gasteiger partial charge in [-0.3, -0.25) is 14.2 Å². The molecular weight excluding hydrogens is 550 g/mol. The average Bonchev–Trinajstić information content (AvgIpc) is 2.87. The van der Waals surface area contributed by atoms with Crippen molar-refractivity contribution >= 4 is 29.2 Å². The molecule has 3 rings (SSSR count). The summed E-state index contributed by atoms with van der Waals surface area (Å²) in [5.74, 6) is -1.80. The van der Waals surface area contributed by atoms with Crippen LogP contribution in [0.1, 0.15) is 43.6 Å². The van der Waals surface area contributed by atoms with Crippen LogP contribution in [0.15, 0.2) is 59.5 Å². The van der Waals surface area contributed by atoms with Gasteiger partial charge in [-0.25, -0.2) is 4.79 Å². The highest BCUT2D eigenvalue weighted by atomic mass is 35.5. The minimum Gasteiger partial charge on any atom is -0.495 e. The van der Waals surface area contributed by atoms with Gasteiger partial charge in [-0.1, -0.05) is 11.6 Å². The maximum Gasteiger partial charge on any atom is 0.387 e. The third-order valence-electron chi connectivity index (χ3n) is 5.68. The quantitative estimate of drug-likeness (QED) is 0.293. The SMILES string of the molecule is COc1cn([C@@H](CCOC(C)(C)C)C(=O)Nc2ccc(C(=O)O)cc2)c(=O)cc1-c1cc(Cl)ccc1OC(F)F. The molecule has 0 aliphatic heterocycles. The van der Waals surface area contributed by atoms with E-state index in [-0.39, 0.29) is 46.2 Å². The number of methoxy groups -OCH3 is 1. The van der Waals surface area contributed by atoms with Gasteiger partial charge in [-0.05, 0) is 63.2 Å². The van der Waals surface area contributed by atoms with Crippen molar-refractivity contribution in [2.45, 2.75) is 45.4 Å². The smallest absolute Gasteiger partial charge is 0.387 e. The molecule has 0 spiro atoms. The van der Waals surface area contributed by atoms with E-state index >= 15 is 0 Å². The van der Waals surface area contributed by atoms with E-state index in [1.807, 2.05) is 20.8 Å². The number of alkyl halides is 2. The van der Waals surface area contributed by atoms with Crippen LogP contribution in [0.5, 0.6) is 11.5 Å². The number of carbonyl (C=O) groups excluding carboxylic acids is 1. The van der Waals surface area contributed by atoms with Crippen LogP contribution in [0, 0.1) is 0 Å². The molecule has 214 valence electrons. The standard InChI is InChI=1S/C28H29ClF2N2O7/c1-28(2,3)39-12-11-21(25(35)32-18-8-5-16(6-9-18)26(36)37)33-15-23(38-4)20(14-24(33)34)19-13-17(29)7-10-22(19)40-27(30)31/h5-10,13-15,21,27H,11-12H2,1-4H3,(H,32,35)(H,36,37)/t21-/m0/s1. The molecule has 1 aromatic heterocycles. The first-order chi connectivity index (χ1) is 18.8. The zero-order chi connectivity index (χ0) is 29.6. The molecule has 0 unspecified atom stereocenters. The number of aromatic nitrogens is 1. The molecule has 0 aliphatic rings. The molecule has 0 saturated heterocycles. The molecule has 2 aromatic carbocycles. The number of benzene rings is 2. The predicted octanol–water partition coefficient (Wildman–Crippen LogP) is 5.86. The second-order valence-electron chi connectivity index (χ2n) is 9.66. The zero-order valence-electron chi connectivity index (χ0n) is 22.2. The monoisotopic (exact) mass is 578 g/mol. The lowest BCUT2D eigenvalue weighted by atomic mass is 10.0. The van der Waals surface area contributed by atoms with E-state index in [0.717, 1.165) is 10.6 Å². The molecule has 40 heavy (non-hydrogen) atoms. The van der Waals surface area contributed by atoms with Crippen molar-refractivity contribution in [1.82, 2.24) is 4.57 Å². The normalized spacial score (nSPS) is 12.2. The maximum absolute atomic E-state index is 13.4. The molecule has 0 radical (unpaired) electrons. The topological polar surface area (TPSA) is 116 Å². The largest absolute Gasteiger partial charge is 0.495 e. The number of ether oxygens (including phenoxy) is 3. The van der Waals surface area contributed by atoms with Crippen LogP contribution in [-0.2, 0) is 9.53 Å². The first-order valence-electron chi connectivity index (χ1n) is 12.1. The summed E-state index contributed by atoms with van der Waals surface area (Å²) in [6, 6.07) is 9.60. The Morgan fingerprint density at radius 1 is 1.05 bits per heavy atom. The maximum atomic E-state index is 13.4. The number of carboxylic acids is 1. The van der Waals surface area contributed by atoms with Crippen LogP contribution >= 0.6 is 11.6 Å². The second-order valence-corrected chi connectivity index (χ2v) is 10.1. The van der Waals surface area contributed by atoms with Gasteiger partial charge in [-0.15, -0.1) is 0 Å². The predicted molar refractivity (Wildman–Crippen MR) is 146 cm³/mol. The number of carbonyl (C=O) groups is 2. The number of nitrogens with one attached hydrogen (secondary N) is 1. The number of aromatic carboxylic acids is 1. The number of hydrogen-bond acceptors (Lipinski definition) is 6. The van der Waals surface area contributed by atoms with Gasteiger partial charge in [0.1, 0.15) is 17.5 Å². The highest BCUT2D eigenvalue weighted by molar-refractivity contribution is 6.31. The highest BCUT2D eigenvalue weighted by Crippen LogP contribution is 2.38. The van der Waals surface area contributed by atoms with E-state index < -0.39 is 35.7 Å². The third-order valence-corrected chi connectivity index (χ3v) is 5.91. The molecule has 1 amide bonds. The number of hydrogen-bond donors (Lipinski definition) is 2. The van der Waals surface area contributed by atoms with Crippen LogP contribution in [0.25, 0.3) is 11.1 Å². The first-order valence-corrected chi connectivity index (χ1v) is 12.5. The van der Waals surface area contributed by atoms with E-state index in [9.17, 15) is 23.2 Å². The summed E-state index contributed by atoms with van der Waals surface area (Å²) in [4.78, 5) is 37.9. The Balaban J connectivity index is 2.04. The fraction of sp³-hybridized carbons (Fsp3) is 0.321. The van der Waals surface area contributed by atoms with Crippen LogP contribution in [0.3, 0.4) is 0 Å². The van der Waals surface area contributed by atoms with Gasteiger partial charge < -0.3 is 24.6 Å². The number of carboxylic acid groups (broad SMARTS) is 1. The summed E-state index contributed by atoms with van der Waals surface area (Å²) < 4.78 is 43.1. The Labute approximate surface area is 234 Å². The van der Waals surface area contributed by atoms with E-state index in [1.54, 1.807) is 0 Å². The lowest BCUT2D eigenvalue weighted by Crippen LogP contribution is -2.34. The van der Waals surface area contributed by atoms with Crippen molar-refractivity contribution in [3.8, 4) is 22.6 Å². The summed E-state index contributed by atoms with van der Waals surface area (Å²) in [5, 5.41) is 12.0. The van der Waals surface area contributed by atoms with Crippen LogP contribution in [0.4, 0.5) is 14.5 Å². The van der Waals surface area contributed by atoms with Gasteiger partial charge in [0.25, 0.3) is 5.56 Å². The van der Waals surface area contributed by atoms with Crippen LogP contribution in [0.2, 0.25) is 5.02 Å². The van der Waals surface area contributed by atoms with Gasteiger partial charge in [0.2, 0.25) is 5.91 Å². The zero-order valence-corrected chi connectivity index (χ0v) is 23.0. The minimum atomic E-state index is -3.12. The van der Waals surface area contributed by atoms with E-state index in [2.05, 4.69) is 10.1 Å². The van der Waals surface area contributed by atoms with Gasteiger partial charge in [-0.2, -0.15) is 8.78 Å². The summed E-state index contributed by atoms with van der Waals surface area (Å²) in [6.07, 6.45) is 1.40. The summed E-state index contributed by atoms with van der Waals surface area (Å²) in [7, 11) is 1.33. The molecule has 9 nitrogen and oxygen atoms in total. The Morgan fingerprint density at radius 2 is 1.70 bits per heavy atom. The second kappa shape index (κ2) is 12.9. The number of halogens is 3. The molecule has 1 heterocycles. The Kier molecular flexibility index (Phi) is 9.88. The molecule has 3 aromatic rings. The Bertz CT molecular complexity index is 1420. The van der Waals surface area contributed by atoms with Crippen molar-refractivity contribution in [3.63, 3.8) is 0 Å². The molecule has 1 atom stereocenters. The fourth-order valence-corrected chi connectivity index (χ4v) is 4.02. The third kappa shape index (κ3) is 8.03. The number of nitrogens with zero attached hydrogens (tertiary/aromatic N) is 1. The van der Waals surface area contributed by atoms with Gasteiger partial charge in [0.05, 0.1) is 24.5 Å². The lowest BCUT2D eigenvalue weighted by Gasteiger charge is -2.24. The van der Waals surface area contributed by atoms with Gasteiger partial charge in [0, 0.05) is 40.9 Å². The lowest BCUT2D eigenvalue weighted by molar-refractivity contribution is -0.120. The Hall–Kier alpha value is -3.96. The van der Waals surface area contributed by atoms with Crippen LogP contribution < -0.4 is 20.3 Å². The molecule has 0 fully saturated rings. The summed E-state index contributed by atoms with van der Waals surface area (Å²) in [5.41, 5.74) is -0.535. The van der Waals surface area contributed by atoms with Crippen molar-refractivity contribution in [3.05, 3.63) is 75.7 Å². The number of pyridine rings is 1. The highest BCUT2D eigenvalue weighted by Gasteiger charge is 2.26. The molecule has 0 bridgehead atoms. The molecule has 0 saturated carbocycles. The van der Waals surface area contributed by atoms with Gasteiger partial charge >= 0.3 is 12.6 Å². The fourth-order valence-electron chi connectivity index (χ4n) is 3.85. The van der Waals surface area contributed by atoms with Crippen molar-refractivity contribution in [1.29, 1.82) is 0 Å². The van der Waals surface area contributed by atoms with Gasteiger partial charge in [0.15, 0.2) is 0 Å². The first kappa shape index (κ1) is 30.6. The van der Waals surface area contributed by atoms with Crippen molar-refractivity contribution in [2.24, 2.45) is 0 Å².